The summed E-state index contributed by atoms with van der Waals surface area (Å²) in [4.78, 5) is 25.7. The number of nitrogens with one attached hydrogen (secondary N) is 1. The fourth-order valence-electron chi connectivity index (χ4n) is 3.17. The number of aliphatic imine (C=N–C) groups is 1. The molecule has 2 aromatic rings. The smallest absolute Gasteiger partial charge is 0.227 e. The molecule has 1 aliphatic heterocycles. The van der Waals surface area contributed by atoms with Crippen molar-refractivity contribution < 1.29 is 4.79 Å². The fourth-order valence-corrected chi connectivity index (χ4v) is 3.39. The standard InChI is InChI=1S/C21H26ClN5O.HI/c1-2-23-21(25-16-19-8-3-4-9-24-19)27-12-10-26(11-13-27)20(28)15-17-6-5-7-18(22)14-17;/h3-9,14H,2,10-13,15-16H2,1H3,(H,23,25);1H. The summed E-state index contributed by atoms with van der Waals surface area (Å²) in [7, 11) is 0. The molecule has 0 spiro atoms. The van der Waals surface area contributed by atoms with E-state index in [9.17, 15) is 4.79 Å². The van der Waals surface area contributed by atoms with E-state index in [0.29, 0.717) is 31.1 Å². The van der Waals surface area contributed by atoms with Crippen LogP contribution in [0.2, 0.25) is 5.02 Å². The van der Waals surface area contributed by atoms with Crippen LogP contribution in [-0.2, 0) is 17.8 Å². The summed E-state index contributed by atoms with van der Waals surface area (Å²) in [6.45, 7) is 6.29. The summed E-state index contributed by atoms with van der Waals surface area (Å²) >= 11 is 6.02. The highest BCUT2D eigenvalue weighted by atomic mass is 127. The third-order valence-electron chi connectivity index (χ3n) is 4.63. The highest BCUT2D eigenvalue weighted by Crippen LogP contribution is 2.13. The van der Waals surface area contributed by atoms with Gasteiger partial charge in [-0.3, -0.25) is 9.78 Å². The Morgan fingerprint density at radius 2 is 1.90 bits per heavy atom. The van der Waals surface area contributed by atoms with Crippen molar-refractivity contribution >= 4 is 47.4 Å². The first-order valence-electron chi connectivity index (χ1n) is 9.61. The molecular formula is C21H27ClIN5O. The topological polar surface area (TPSA) is 60.8 Å². The Morgan fingerprint density at radius 3 is 2.55 bits per heavy atom. The van der Waals surface area contributed by atoms with Crippen molar-refractivity contribution in [3.8, 4) is 0 Å². The van der Waals surface area contributed by atoms with Crippen LogP contribution in [0.4, 0.5) is 0 Å². The molecule has 0 unspecified atom stereocenters. The first kappa shape index (κ1) is 23.4. The van der Waals surface area contributed by atoms with E-state index in [0.717, 1.165) is 36.9 Å². The van der Waals surface area contributed by atoms with Gasteiger partial charge in [-0.15, -0.1) is 24.0 Å². The van der Waals surface area contributed by atoms with Crippen LogP contribution in [0.1, 0.15) is 18.2 Å². The number of amides is 1. The summed E-state index contributed by atoms with van der Waals surface area (Å²) in [5.41, 5.74) is 1.89. The summed E-state index contributed by atoms with van der Waals surface area (Å²) in [6.07, 6.45) is 2.16. The highest BCUT2D eigenvalue weighted by molar-refractivity contribution is 14.0. The van der Waals surface area contributed by atoms with E-state index < -0.39 is 0 Å². The average Bonchev–Trinajstić information content (AvgIpc) is 2.72. The Kier molecular flexibility index (Phi) is 9.66. The lowest BCUT2D eigenvalue weighted by atomic mass is 10.1. The van der Waals surface area contributed by atoms with E-state index in [1.807, 2.05) is 47.4 Å². The maximum Gasteiger partial charge on any atom is 0.227 e. The van der Waals surface area contributed by atoms with Gasteiger partial charge in [0.15, 0.2) is 5.96 Å². The number of nitrogens with zero attached hydrogens (tertiary/aromatic N) is 4. The summed E-state index contributed by atoms with van der Waals surface area (Å²) < 4.78 is 0. The van der Waals surface area contributed by atoms with Gasteiger partial charge in [0.2, 0.25) is 5.91 Å². The summed E-state index contributed by atoms with van der Waals surface area (Å²) in [5, 5.41) is 4.00. The summed E-state index contributed by atoms with van der Waals surface area (Å²) in [5.74, 6) is 1.01. The molecule has 156 valence electrons. The van der Waals surface area contributed by atoms with Gasteiger partial charge < -0.3 is 15.1 Å². The Morgan fingerprint density at radius 1 is 1.14 bits per heavy atom. The monoisotopic (exact) mass is 527 g/mol. The van der Waals surface area contributed by atoms with Crippen molar-refractivity contribution in [2.75, 3.05) is 32.7 Å². The van der Waals surface area contributed by atoms with Crippen LogP contribution in [0.15, 0.2) is 53.7 Å². The molecule has 1 aliphatic rings. The van der Waals surface area contributed by atoms with Crippen molar-refractivity contribution in [2.24, 2.45) is 4.99 Å². The maximum absolute atomic E-state index is 12.6. The van der Waals surface area contributed by atoms with Crippen molar-refractivity contribution in [3.63, 3.8) is 0 Å². The Balaban J connectivity index is 0.00000300. The van der Waals surface area contributed by atoms with Gasteiger partial charge in [-0.05, 0) is 36.8 Å². The number of guanidine groups is 1. The second kappa shape index (κ2) is 12.0. The van der Waals surface area contributed by atoms with Crippen LogP contribution >= 0.6 is 35.6 Å². The van der Waals surface area contributed by atoms with Crippen LogP contribution < -0.4 is 5.32 Å². The Bertz CT molecular complexity index is 810. The van der Waals surface area contributed by atoms with Crippen LogP contribution in [0.5, 0.6) is 0 Å². The first-order valence-corrected chi connectivity index (χ1v) is 9.99. The Hall–Kier alpha value is -1.87. The Labute approximate surface area is 194 Å². The zero-order valence-corrected chi connectivity index (χ0v) is 19.6. The molecule has 0 bridgehead atoms. The number of carbonyl (C=O) groups is 1. The maximum atomic E-state index is 12.6. The van der Waals surface area contributed by atoms with Crippen LogP contribution in [0, 0.1) is 0 Å². The number of carbonyl (C=O) groups excluding carboxylic acids is 1. The fraction of sp³-hybridized carbons (Fsp3) is 0.381. The number of hydrogen-bond donors (Lipinski definition) is 1. The highest BCUT2D eigenvalue weighted by Gasteiger charge is 2.23. The van der Waals surface area contributed by atoms with Gasteiger partial charge in [0.1, 0.15) is 0 Å². The lowest BCUT2D eigenvalue weighted by Gasteiger charge is -2.36. The SMILES string of the molecule is CCNC(=NCc1ccccn1)N1CCN(C(=O)Cc2cccc(Cl)c2)CC1.I. The van der Waals surface area contributed by atoms with E-state index in [1.54, 1.807) is 6.20 Å². The van der Waals surface area contributed by atoms with E-state index >= 15 is 0 Å². The van der Waals surface area contributed by atoms with Gasteiger partial charge in [0, 0.05) is 43.9 Å². The molecule has 0 atom stereocenters. The molecule has 0 aliphatic carbocycles. The van der Waals surface area contributed by atoms with Crippen molar-refractivity contribution in [3.05, 3.63) is 64.9 Å². The molecule has 1 aromatic carbocycles. The minimum Gasteiger partial charge on any atom is -0.357 e. The van der Waals surface area contributed by atoms with Crippen molar-refractivity contribution in [1.29, 1.82) is 0 Å². The van der Waals surface area contributed by atoms with E-state index in [4.69, 9.17) is 16.6 Å². The molecule has 0 radical (unpaired) electrons. The molecule has 6 nitrogen and oxygen atoms in total. The van der Waals surface area contributed by atoms with Gasteiger partial charge in [0.25, 0.3) is 0 Å². The molecule has 1 aromatic heterocycles. The largest absolute Gasteiger partial charge is 0.357 e. The van der Waals surface area contributed by atoms with Crippen molar-refractivity contribution in [1.82, 2.24) is 20.1 Å². The van der Waals surface area contributed by atoms with Gasteiger partial charge in [-0.2, -0.15) is 0 Å². The third kappa shape index (κ3) is 7.15. The number of halogens is 2. The quantitative estimate of drug-likeness (QED) is 0.369. The normalized spacial score (nSPS) is 14.3. The van der Waals surface area contributed by atoms with Gasteiger partial charge in [-0.1, -0.05) is 29.8 Å². The lowest BCUT2D eigenvalue weighted by molar-refractivity contribution is -0.131. The van der Waals surface area contributed by atoms with E-state index in [1.165, 1.54) is 0 Å². The first-order chi connectivity index (χ1) is 13.7. The number of rotatable bonds is 5. The van der Waals surface area contributed by atoms with Crippen molar-refractivity contribution in [2.45, 2.75) is 19.9 Å². The van der Waals surface area contributed by atoms with Crippen LogP contribution in [-0.4, -0.2) is 59.4 Å². The molecule has 1 saturated heterocycles. The molecule has 1 N–H and O–H groups in total. The number of hydrogen-bond acceptors (Lipinski definition) is 3. The number of aromatic nitrogens is 1. The van der Waals surface area contributed by atoms with Crippen LogP contribution in [0.25, 0.3) is 0 Å². The second-order valence-electron chi connectivity index (χ2n) is 6.67. The third-order valence-corrected chi connectivity index (χ3v) is 4.86. The molecule has 29 heavy (non-hydrogen) atoms. The molecule has 0 saturated carbocycles. The van der Waals surface area contributed by atoms with Crippen LogP contribution in [0.3, 0.4) is 0 Å². The minimum atomic E-state index is 0. The zero-order chi connectivity index (χ0) is 19.8. The second-order valence-corrected chi connectivity index (χ2v) is 7.10. The molecule has 2 heterocycles. The lowest BCUT2D eigenvalue weighted by Crippen LogP contribution is -2.54. The van der Waals surface area contributed by atoms with Gasteiger partial charge in [-0.25, -0.2) is 4.99 Å². The number of pyridine rings is 1. The number of benzene rings is 1. The van der Waals surface area contributed by atoms with E-state index in [2.05, 4.69) is 22.1 Å². The summed E-state index contributed by atoms with van der Waals surface area (Å²) in [6, 6.07) is 13.3. The average molecular weight is 528 g/mol. The zero-order valence-electron chi connectivity index (χ0n) is 16.6. The number of piperazine rings is 1. The molecular weight excluding hydrogens is 501 g/mol. The predicted octanol–water partition coefficient (Wildman–Crippen LogP) is 3.21. The van der Waals surface area contributed by atoms with E-state index in [-0.39, 0.29) is 29.9 Å². The molecule has 3 rings (SSSR count). The van der Waals surface area contributed by atoms with Gasteiger partial charge >= 0.3 is 0 Å². The molecule has 1 amide bonds. The molecule has 1 fully saturated rings. The van der Waals surface area contributed by atoms with Gasteiger partial charge in [0.05, 0.1) is 18.7 Å². The molecule has 8 heteroatoms. The minimum absolute atomic E-state index is 0. The predicted molar refractivity (Wildman–Crippen MR) is 128 cm³/mol.